The molecule has 0 bridgehead atoms. The summed E-state index contributed by atoms with van der Waals surface area (Å²) in [5.74, 6) is 3.33. The molecule has 0 saturated carbocycles. The largest absolute Gasteiger partial charge is 0.345 e. The van der Waals surface area contributed by atoms with Gasteiger partial charge in [-0.3, -0.25) is 0 Å². The molecule has 1 N–H and O–H groups in total. The number of hydrogen-bond donors (Lipinski definition) is 1. The Morgan fingerprint density at radius 3 is 2.38 bits per heavy atom. The van der Waals surface area contributed by atoms with Crippen LogP contribution in [-0.2, 0) is 11.8 Å². The molecule has 0 aliphatic carbocycles. The van der Waals surface area contributed by atoms with Crippen LogP contribution in [0.1, 0.15) is 85.7 Å². The van der Waals surface area contributed by atoms with E-state index in [0.29, 0.717) is 5.92 Å². The van der Waals surface area contributed by atoms with Crippen molar-refractivity contribution >= 4 is 0 Å². The molecule has 0 aromatic carbocycles. The van der Waals surface area contributed by atoms with Crippen molar-refractivity contribution in [2.75, 3.05) is 0 Å². The van der Waals surface area contributed by atoms with Gasteiger partial charge in [-0.1, -0.05) is 67.7 Å². The Morgan fingerprint density at radius 1 is 1.14 bits per heavy atom. The molecule has 122 valence electrons. The van der Waals surface area contributed by atoms with Crippen LogP contribution in [0.15, 0.2) is 6.20 Å². The average molecular weight is 293 g/mol. The SMILES string of the molecule is CCC(C)C(C)C(C)(C)c1ncc(CCCCC(C)C)[nH]1. The molecule has 1 aromatic rings. The highest BCUT2D eigenvalue weighted by molar-refractivity contribution is 5.12. The van der Waals surface area contributed by atoms with Gasteiger partial charge in [-0.15, -0.1) is 0 Å². The van der Waals surface area contributed by atoms with E-state index >= 15 is 0 Å². The highest BCUT2D eigenvalue weighted by atomic mass is 14.9. The van der Waals surface area contributed by atoms with Crippen molar-refractivity contribution < 1.29 is 0 Å². The van der Waals surface area contributed by atoms with E-state index in [1.165, 1.54) is 31.4 Å². The summed E-state index contributed by atoms with van der Waals surface area (Å²) in [6.07, 6.45) is 8.33. The van der Waals surface area contributed by atoms with Gasteiger partial charge < -0.3 is 4.98 Å². The molecule has 1 rings (SSSR count). The number of aromatic nitrogens is 2. The zero-order valence-corrected chi connectivity index (χ0v) is 15.3. The second-order valence-electron chi connectivity index (χ2n) is 7.79. The zero-order chi connectivity index (χ0) is 16.0. The molecule has 2 heteroatoms. The van der Waals surface area contributed by atoms with Crippen molar-refractivity contribution in [3.8, 4) is 0 Å². The van der Waals surface area contributed by atoms with Gasteiger partial charge in [0.1, 0.15) is 5.82 Å². The summed E-state index contributed by atoms with van der Waals surface area (Å²) in [7, 11) is 0. The van der Waals surface area contributed by atoms with Crippen molar-refractivity contribution in [2.45, 2.75) is 86.0 Å². The van der Waals surface area contributed by atoms with Gasteiger partial charge in [0.25, 0.3) is 0 Å². The summed E-state index contributed by atoms with van der Waals surface area (Å²) >= 11 is 0. The Balaban J connectivity index is 2.61. The van der Waals surface area contributed by atoms with E-state index in [-0.39, 0.29) is 5.41 Å². The number of aromatic amines is 1. The topological polar surface area (TPSA) is 28.7 Å². The average Bonchev–Trinajstić information content (AvgIpc) is 2.91. The first-order valence-electron chi connectivity index (χ1n) is 8.83. The predicted molar refractivity (Wildman–Crippen MR) is 92.6 cm³/mol. The summed E-state index contributed by atoms with van der Waals surface area (Å²) < 4.78 is 0. The lowest BCUT2D eigenvalue weighted by Gasteiger charge is -2.34. The molecule has 2 nitrogen and oxygen atoms in total. The second-order valence-corrected chi connectivity index (χ2v) is 7.79. The maximum atomic E-state index is 4.68. The number of nitrogens with one attached hydrogen (secondary N) is 1. The Hall–Kier alpha value is -0.790. The summed E-state index contributed by atoms with van der Waals surface area (Å²) in [5.41, 5.74) is 1.42. The van der Waals surface area contributed by atoms with Crippen LogP contribution in [0.5, 0.6) is 0 Å². The van der Waals surface area contributed by atoms with Crippen LogP contribution in [0.2, 0.25) is 0 Å². The molecule has 2 unspecified atom stereocenters. The summed E-state index contributed by atoms with van der Waals surface area (Å²) in [6, 6.07) is 0. The molecule has 0 saturated heterocycles. The van der Waals surface area contributed by atoms with Gasteiger partial charge in [0.2, 0.25) is 0 Å². The van der Waals surface area contributed by atoms with E-state index in [0.717, 1.165) is 24.1 Å². The van der Waals surface area contributed by atoms with Gasteiger partial charge >= 0.3 is 0 Å². The Labute approximate surface area is 132 Å². The van der Waals surface area contributed by atoms with E-state index in [2.05, 4.69) is 64.6 Å². The first-order chi connectivity index (χ1) is 9.78. The number of hydrogen-bond acceptors (Lipinski definition) is 1. The normalized spacial score (nSPS) is 15.4. The fourth-order valence-corrected chi connectivity index (χ4v) is 2.96. The van der Waals surface area contributed by atoms with Crippen molar-refractivity contribution in [3.63, 3.8) is 0 Å². The lowest BCUT2D eigenvalue weighted by atomic mass is 9.72. The summed E-state index contributed by atoms with van der Waals surface area (Å²) in [5, 5.41) is 0. The van der Waals surface area contributed by atoms with Crippen molar-refractivity contribution in [3.05, 3.63) is 17.7 Å². The van der Waals surface area contributed by atoms with E-state index in [1.54, 1.807) is 0 Å². The minimum absolute atomic E-state index is 0.117. The molecule has 1 aromatic heterocycles. The van der Waals surface area contributed by atoms with Crippen LogP contribution < -0.4 is 0 Å². The third-order valence-corrected chi connectivity index (χ3v) is 5.35. The molecular weight excluding hydrogens is 256 g/mol. The van der Waals surface area contributed by atoms with Gasteiger partial charge in [-0.25, -0.2) is 4.98 Å². The first-order valence-corrected chi connectivity index (χ1v) is 8.83. The smallest absolute Gasteiger partial charge is 0.112 e. The maximum absolute atomic E-state index is 4.68. The third-order valence-electron chi connectivity index (χ3n) is 5.35. The summed E-state index contributed by atoms with van der Waals surface area (Å²) in [6.45, 7) is 16.2. The minimum Gasteiger partial charge on any atom is -0.345 e. The van der Waals surface area contributed by atoms with Crippen LogP contribution in [0.25, 0.3) is 0 Å². The second kappa shape index (κ2) is 8.00. The molecule has 0 aliphatic rings. The molecule has 0 amide bonds. The highest BCUT2D eigenvalue weighted by Gasteiger charge is 2.33. The lowest BCUT2D eigenvalue weighted by Crippen LogP contribution is -2.32. The Morgan fingerprint density at radius 2 is 1.81 bits per heavy atom. The van der Waals surface area contributed by atoms with Gasteiger partial charge in [-0.05, 0) is 30.6 Å². The zero-order valence-electron chi connectivity index (χ0n) is 15.3. The van der Waals surface area contributed by atoms with Crippen LogP contribution in [-0.4, -0.2) is 9.97 Å². The van der Waals surface area contributed by atoms with Gasteiger partial charge in [0.05, 0.1) is 0 Å². The maximum Gasteiger partial charge on any atom is 0.112 e. The van der Waals surface area contributed by atoms with Crippen molar-refractivity contribution in [1.29, 1.82) is 0 Å². The quantitative estimate of drug-likeness (QED) is 0.578. The standard InChI is InChI=1S/C19H36N2/c1-8-15(4)16(5)19(6,7)18-20-13-17(21-18)12-10-9-11-14(2)3/h13-16H,8-12H2,1-7H3,(H,20,21). The van der Waals surface area contributed by atoms with Crippen molar-refractivity contribution in [1.82, 2.24) is 9.97 Å². The van der Waals surface area contributed by atoms with Gasteiger partial charge in [-0.2, -0.15) is 0 Å². The molecular formula is C19H36N2. The van der Waals surface area contributed by atoms with E-state index in [1.807, 2.05) is 0 Å². The number of nitrogens with zero attached hydrogens (tertiary/aromatic N) is 1. The van der Waals surface area contributed by atoms with E-state index < -0.39 is 0 Å². The molecule has 0 fully saturated rings. The fraction of sp³-hybridized carbons (Fsp3) is 0.842. The molecule has 0 spiro atoms. The summed E-state index contributed by atoms with van der Waals surface area (Å²) in [4.78, 5) is 8.27. The Bertz CT molecular complexity index is 403. The third kappa shape index (κ3) is 5.16. The Kier molecular flexibility index (Phi) is 6.96. The van der Waals surface area contributed by atoms with Crippen LogP contribution in [0, 0.1) is 17.8 Å². The minimum atomic E-state index is 0.117. The highest BCUT2D eigenvalue weighted by Crippen LogP contribution is 2.35. The predicted octanol–water partition coefficient (Wildman–Crippen LogP) is 5.74. The number of unbranched alkanes of at least 4 members (excludes halogenated alkanes) is 1. The molecule has 0 aliphatic heterocycles. The van der Waals surface area contributed by atoms with Crippen LogP contribution in [0.3, 0.4) is 0 Å². The fourth-order valence-electron chi connectivity index (χ4n) is 2.96. The van der Waals surface area contributed by atoms with Gasteiger partial charge in [0, 0.05) is 17.3 Å². The van der Waals surface area contributed by atoms with Crippen LogP contribution in [0.4, 0.5) is 0 Å². The van der Waals surface area contributed by atoms with Gasteiger partial charge in [0.15, 0.2) is 0 Å². The molecule has 2 atom stereocenters. The first kappa shape index (κ1) is 18.3. The number of imidazole rings is 1. The monoisotopic (exact) mass is 292 g/mol. The molecule has 1 heterocycles. The number of H-pyrrole nitrogens is 1. The molecule has 0 radical (unpaired) electrons. The molecule has 21 heavy (non-hydrogen) atoms. The van der Waals surface area contributed by atoms with Crippen molar-refractivity contribution in [2.24, 2.45) is 17.8 Å². The van der Waals surface area contributed by atoms with Crippen LogP contribution >= 0.6 is 0 Å². The van der Waals surface area contributed by atoms with E-state index in [9.17, 15) is 0 Å². The lowest BCUT2D eigenvalue weighted by molar-refractivity contribution is 0.234. The van der Waals surface area contributed by atoms with E-state index in [4.69, 9.17) is 0 Å². The number of rotatable bonds is 9. The number of aryl methyl sites for hydroxylation is 1.